The Bertz CT molecular complexity index is 642. The summed E-state index contributed by atoms with van der Waals surface area (Å²) in [5, 5.41) is 15.9. The molecular weight excluding hydrogens is 308 g/mol. The maximum atomic E-state index is 10.6. The van der Waals surface area contributed by atoms with Crippen molar-refractivity contribution in [1.29, 1.82) is 0 Å². The van der Waals surface area contributed by atoms with Gasteiger partial charge in [-0.25, -0.2) is 0 Å². The van der Waals surface area contributed by atoms with Crippen LogP contribution in [0.15, 0.2) is 48.5 Å². The van der Waals surface area contributed by atoms with E-state index in [1.165, 1.54) is 0 Å². The number of carboxylic acids is 1. The van der Waals surface area contributed by atoms with Gasteiger partial charge in [0.2, 0.25) is 0 Å². The molecule has 0 atom stereocenters. The Labute approximate surface area is 132 Å². The fraction of sp³-hybridized carbons (Fsp3) is 0.0667. The van der Waals surface area contributed by atoms with Gasteiger partial charge in [0.25, 0.3) is 0 Å². The molecule has 6 heteroatoms. The Kier molecular flexibility index (Phi) is 5.14. The van der Waals surface area contributed by atoms with Crippen LogP contribution in [0.5, 0.6) is 0 Å². The molecule has 0 heterocycles. The predicted octanol–water partition coefficient (Wildman–Crippen LogP) is 3.78. The minimum absolute atomic E-state index is 0.00769. The lowest BCUT2D eigenvalue weighted by Crippen LogP contribution is -2.18. The number of carboxylic acid groups (broad SMARTS) is 1. The van der Waals surface area contributed by atoms with Gasteiger partial charge in [0.15, 0.2) is 5.11 Å². The van der Waals surface area contributed by atoms with Crippen LogP contribution in [0.4, 0.5) is 11.4 Å². The Morgan fingerprint density at radius 2 is 1.48 bits per heavy atom. The van der Waals surface area contributed by atoms with E-state index >= 15 is 0 Å². The van der Waals surface area contributed by atoms with Gasteiger partial charge in [0.1, 0.15) is 0 Å². The molecule has 4 nitrogen and oxygen atoms in total. The highest BCUT2D eigenvalue weighted by Crippen LogP contribution is 2.15. The van der Waals surface area contributed by atoms with Gasteiger partial charge in [0.05, 0.1) is 6.42 Å². The van der Waals surface area contributed by atoms with E-state index in [0.717, 1.165) is 16.9 Å². The van der Waals surface area contributed by atoms with Crippen LogP contribution < -0.4 is 10.6 Å². The van der Waals surface area contributed by atoms with E-state index in [2.05, 4.69) is 10.6 Å². The molecule has 0 fully saturated rings. The molecular formula is C15H13ClN2O2S. The molecule has 0 aromatic heterocycles. The van der Waals surface area contributed by atoms with Gasteiger partial charge >= 0.3 is 5.97 Å². The molecule has 0 aliphatic heterocycles. The minimum Gasteiger partial charge on any atom is -0.481 e. The van der Waals surface area contributed by atoms with E-state index < -0.39 is 5.97 Å². The first-order valence-electron chi connectivity index (χ1n) is 6.17. The summed E-state index contributed by atoms with van der Waals surface area (Å²) in [4.78, 5) is 10.6. The van der Waals surface area contributed by atoms with Gasteiger partial charge in [-0.2, -0.15) is 0 Å². The number of nitrogens with one attached hydrogen (secondary N) is 2. The molecule has 0 spiro atoms. The molecule has 2 aromatic rings. The highest BCUT2D eigenvalue weighted by molar-refractivity contribution is 7.80. The van der Waals surface area contributed by atoms with Crippen LogP contribution in [0.25, 0.3) is 0 Å². The van der Waals surface area contributed by atoms with Crippen molar-refractivity contribution < 1.29 is 9.90 Å². The minimum atomic E-state index is -0.851. The third kappa shape index (κ3) is 5.06. The highest BCUT2D eigenvalue weighted by Gasteiger charge is 2.02. The molecule has 0 bridgehead atoms. The number of hydrogen-bond donors (Lipinski definition) is 3. The number of hydrogen-bond acceptors (Lipinski definition) is 2. The van der Waals surface area contributed by atoms with Gasteiger partial charge < -0.3 is 15.7 Å². The predicted molar refractivity (Wildman–Crippen MR) is 89.1 cm³/mol. The van der Waals surface area contributed by atoms with Crippen molar-refractivity contribution in [3.63, 3.8) is 0 Å². The van der Waals surface area contributed by atoms with Crippen molar-refractivity contribution in [3.05, 3.63) is 59.1 Å². The number of carbonyl (C=O) groups is 1. The van der Waals surface area contributed by atoms with E-state index in [0.29, 0.717) is 10.1 Å². The lowest BCUT2D eigenvalue weighted by molar-refractivity contribution is -0.136. The molecule has 0 saturated carbocycles. The molecule has 2 aromatic carbocycles. The molecule has 2 rings (SSSR count). The Hall–Kier alpha value is -2.11. The first kappa shape index (κ1) is 15.3. The molecule has 0 aliphatic carbocycles. The van der Waals surface area contributed by atoms with Crippen LogP contribution in [-0.4, -0.2) is 16.2 Å². The zero-order valence-electron chi connectivity index (χ0n) is 11.0. The average Bonchev–Trinajstić information content (AvgIpc) is 2.43. The van der Waals surface area contributed by atoms with E-state index in [1.807, 2.05) is 12.1 Å². The number of thiocarbonyl (C=S) groups is 1. The molecule has 0 amide bonds. The van der Waals surface area contributed by atoms with E-state index in [1.54, 1.807) is 36.4 Å². The van der Waals surface area contributed by atoms with Crippen molar-refractivity contribution >= 4 is 46.3 Å². The summed E-state index contributed by atoms with van der Waals surface area (Å²) in [6.45, 7) is 0. The van der Waals surface area contributed by atoms with Crippen molar-refractivity contribution in [2.24, 2.45) is 0 Å². The largest absolute Gasteiger partial charge is 0.481 e. The molecule has 0 aliphatic rings. The summed E-state index contributed by atoms with van der Waals surface area (Å²) in [6.07, 6.45) is 0.00769. The molecule has 3 N–H and O–H groups in total. The quantitative estimate of drug-likeness (QED) is 0.748. The van der Waals surface area contributed by atoms with Crippen molar-refractivity contribution in [1.82, 2.24) is 0 Å². The number of rotatable bonds is 4. The van der Waals surface area contributed by atoms with Crippen molar-refractivity contribution in [2.75, 3.05) is 10.6 Å². The lowest BCUT2D eigenvalue weighted by Gasteiger charge is -2.11. The number of benzene rings is 2. The van der Waals surface area contributed by atoms with Gasteiger partial charge in [-0.05, 0) is 54.2 Å². The van der Waals surface area contributed by atoms with Crippen LogP contribution in [0.1, 0.15) is 5.56 Å². The first-order chi connectivity index (χ1) is 10.0. The van der Waals surface area contributed by atoms with Crippen molar-refractivity contribution in [2.45, 2.75) is 6.42 Å². The summed E-state index contributed by atoms with van der Waals surface area (Å²) in [6, 6.07) is 14.3. The molecule has 21 heavy (non-hydrogen) atoms. The Morgan fingerprint density at radius 3 is 1.95 bits per heavy atom. The zero-order chi connectivity index (χ0) is 15.2. The summed E-state index contributed by atoms with van der Waals surface area (Å²) in [5.74, 6) is -0.851. The van der Waals surface area contributed by atoms with Gasteiger partial charge in [-0.3, -0.25) is 4.79 Å². The number of aliphatic carboxylic acids is 1. The van der Waals surface area contributed by atoms with Gasteiger partial charge in [-0.15, -0.1) is 0 Å². The van der Waals surface area contributed by atoms with Crippen LogP contribution in [0.3, 0.4) is 0 Å². The average molecular weight is 321 g/mol. The SMILES string of the molecule is O=C(O)Cc1ccc(NC(=S)Nc2ccc(Cl)cc2)cc1. The smallest absolute Gasteiger partial charge is 0.307 e. The summed E-state index contributed by atoms with van der Waals surface area (Å²) >= 11 is 11.0. The summed E-state index contributed by atoms with van der Waals surface area (Å²) in [5.41, 5.74) is 2.36. The molecule has 0 saturated heterocycles. The zero-order valence-corrected chi connectivity index (χ0v) is 12.5. The molecule has 0 unspecified atom stereocenters. The second kappa shape index (κ2) is 7.06. The highest BCUT2D eigenvalue weighted by atomic mass is 35.5. The lowest BCUT2D eigenvalue weighted by atomic mass is 10.1. The van der Waals surface area contributed by atoms with Gasteiger partial charge in [-0.1, -0.05) is 23.7 Å². The maximum absolute atomic E-state index is 10.6. The second-order valence-electron chi connectivity index (χ2n) is 4.35. The Balaban J connectivity index is 1.93. The van der Waals surface area contributed by atoms with Gasteiger partial charge in [0, 0.05) is 16.4 Å². The van der Waals surface area contributed by atoms with E-state index in [9.17, 15) is 4.79 Å². The second-order valence-corrected chi connectivity index (χ2v) is 5.20. The fourth-order valence-electron chi connectivity index (χ4n) is 1.71. The normalized spacial score (nSPS) is 9.95. The topological polar surface area (TPSA) is 61.4 Å². The van der Waals surface area contributed by atoms with Crippen molar-refractivity contribution in [3.8, 4) is 0 Å². The van der Waals surface area contributed by atoms with Crippen LogP contribution in [-0.2, 0) is 11.2 Å². The monoisotopic (exact) mass is 320 g/mol. The van der Waals surface area contributed by atoms with Crippen LogP contribution in [0.2, 0.25) is 5.02 Å². The summed E-state index contributed by atoms with van der Waals surface area (Å²) in [7, 11) is 0. The number of halogens is 1. The maximum Gasteiger partial charge on any atom is 0.307 e. The molecule has 108 valence electrons. The first-order valence-corrected chi connectivity index (χ1v) is 6.96. The standard InChI is InChI=1S/C15H13ClN2O2S/c16-11-3-7-13(8-4-11)18-15(21)17-12-5-1-10(2-6-12)9-14(19)20/h1-8H,9H2,(H,19,20)(H2,17,18,21). The Morgan fingerprint density at radius 1 is 1.00 bits per heavy atom. The fourth-order valence-corrected chi connectivity index (χ4v) is 2.07. The third-order valence-corrected chi connectivity index (χ3v) is 3.13. The van der Waals surface area contributed by atoms with E-state index in [4.69, 9.17) is 28.9 Å². The number of anilines is 2. The van der Waals surface area contributed by atoms with Crippen LogP contribution >= 0.6 is 23.8 Å². The molecule has 0 radical (unpaired) electrons. The van der Waals surface area contributed by atoms with E-state index in [-0.39, 0.29) is 6.42 Å². The summed E-state index contributed by atoms with van der Waals surface area (Å²) < 4.78 is 0. The third-order valence-electron chi connectivity index (χ3n) is 2.67. The van der Waals surface area contributed by atoms with Crippen LogP contribution in [0, 0.1) is 0 Å².